The summed E-state index contributed by atoms with van der Waals surface area (Å²) in [5.41, 5.74) is 0.585. The van der Waals surface area contributed by atoms with Gasteiger partial charge in [0.15, 0.2) is 0 Å². The van der Waals surface area contributed by atoms with E-state index in [1.807, 2.05) is 58.0 Å². The van der Waals surface area contributed by atoms with Gasteiger partial charge in [-0.1, -0.05) is 43.7 Å². The summed E-state index contributed by atoms with van der Waals surface area (Å²) in [5, 5.41) is 2.65. The summed E-state index contributed by atoms with van der Waals surface area (Å²) in [6.45, 7) is 7.99. The lowest BCUT2D eigenvalue weighted by Gasteiger charge is -2.36. The molecule has 0 radical (unpaired) electrons. The molecule has 1 N–H and O–H groups in total. The normalized spacial score (nSPS) is 17.6. The summed E-state index contributed by atoms with van der Waals surface area (Å²) in [4.78, 5) is 40.0. The summed E-state index contributed by atoms with van der Waals surface area (Å²) < 4.78 is 0. The van der Waals surface area contributed by atoms with Crippen molar-refractivity contribution >= 4 is 17.8 Å². The van der Waals surface area contributed by atoms with Crippen LogP contribution in [0.4, 0.5) is 4.79 Å². The molecular formula is C19H27N3O3. The Labute approximate surface area is 149 Å². The van der Waals surface area contributed by atoms with Crippen LogP contribution in [0.1, 0.15) is 46.1 Å². The molecule has 1 unspecified atom stereocenters. The fourth-order valence-corrected chi connectivity index (χ4v) is 2.90. The number of imide groups is 1. The van der Waals surface area contributed by atoms with Crippen LogP contribution in [-0.4, -0.2) is 45.8 Å². The summed E-state index contributed by atoms with van der Waals surface area (Å²) in [6, 6.07) is 8.69. The maximum Gasteiger partial charge on any atom is 0.325 e. The molecule has 0 saturated carbocycles. The summed E-state index contributed by atoms with van der Waals surface area (Å²) in [6.07, 6.45) is 1.38. The molecule has 2 rings (SSSR count). The molecule has 1 saturated heterocycles. The lowest BCUT2D eigenvalue weighted by Crippen LogP contribution is -2.50. The lowest BCUT2D eigenvalue weighted by atomic mass is 10.0. The Kier molecular flexibility index (Phi) is 5.82. The SMILES string of the molecule is CCCC1NC(=O)N(CC(=O)N(Cc2ccccc2)C(C)(C)C)C1=O. The van der Waals surface area contributed by atoms with Crippen molar-refractivity contribution < 1.29 is 14.4 Å². The third-order valence-corrected chi connectivity index (χ3v) is 4.27. The number of benzene rings is 1. The van der Waals surface area contributed by atoms with Gasteiger partial charge in [0.25, 0.3) is 5.91 Å². The minimum atomic E-state index is -0.512. The van der Waals surface area contributed by atoms with Gasteiger partial charge in [-0.15, -0.1) is 0 Å². The minimum absolute atomic E-state index is 0.227. The van der Waals surface area contributed by atoms with E-state index in [-0.39, 0.29) is 18.4 Å². The van der Waals surface area contributed by atoms with Crippen LogP contribution in [0.3, 0.4) is 0 Å². The fraction of sp³-hybridized carbons (Fsp3) is 0.526. The van der Waals surface area contributed by atoms with Crippen LogP contribution in [0, 0.1) is 0 Å². The summed E-state index contributed by atoms with van der Waals surface area (Å²) >= 11 is 0. The molecule has 1 aliphatic heterocycles. The third kappa shape index (κ3) is 4.59. The first kappa shape index (κ1) is 19.0. The van der Waals surface area contributed by atoms with Gasteiger partial charge in [0.2, 0.25) is 5.91 Å². The zero-order valence-corrected chi connectivity index (χ0v) is 15.4. The Morgan fingerprint density at radius 1 is 1.20 bits per heavy atom. The monoisotopic (exact) mass is 345 g/mol. The van der Waals surface area contributed by atoms with Crippen LogP contribution >= 0.6 is 0 Å². The van der Waals surface area contributed by atoms with Crippen LogP contribution in [0.2, 0.25) is 0 Å². The molecule has 1 aromatic carbocycles. The van der Waals surface area contributed by atoms with Crippen LogP contribution < -0.4 is 5.32 Å². The minimum Gasteiger partial charge on any atom is -0.332 e. The molecule has 4 amide bonds. The standard InChI is InChI=1S/C19H27N3O3/c1-5-9-15-17(24)21(18(25)20-15)13-16(23)22(19(2,3)4)12-14-10-7-6-8-11-14/h6-8,10-11,15H,5,9,12-13H2,1-4H3,(H,20,25). The summed E-state index contributed by atoms with van der Waals surface area (Å²) in [7, 11) is 0. The number of rotatable bonds is 6. The number of urea groups is 1. The molecule has 1 aliphatic rings. The Bertz CT molecular complexity index is 637. The van der Waals surface area contributed by atoms with E-state index in [0.717, 1.165) is 16.9 Å². The topological polar surface area (TPSA) is 69.7 Å². The average Bonchev–Trinajstić information content (AvgIpc) is 2.80. The maximum atomic E-state index is 12.9. The number of carbonyl (C=O) groups excluding carboxylic acids is 3. The molecule has 1 aromatic rings. The smallest absolute Gasteiger partial charge is 0.325 e. The molecule has 6 nitrogen and oxygen atoms in total. The molecule has 1 fully saturated rings. The average molecular weight is 345 g/mol. The van der Waals surface area contributed by atoms with Crippen molar-refractivity contribution in [3.8, 4) is 0 Å². The molecule has 0 aromatic heterocycles. The molecule has 1 atom stereocenters. The summed E-state index contributed by atoms with van der Waals surface area (Å²) in [5.74, 6) is -0.550. The first-order valence-electron chi connectivity index (χ1n) is 8.70. The predicted molar refractivity (Wildman–Crippen MR) is 95.7 cm³/mol. The van der Waals surface area contributed by atoms with E-state index in [4.69, 9.17) is 0 Å². The van der Waals surface area contributed by atoms with Gasteiger partial charge in [-0.2, -0.15) is 0 Å². The molecule has 0 bridgehead atoms. The highest BCUT2D eigenvalue weighted by atomic mass is 16.2. The van der Waals surface area contributed by atoms with Gasteiger partial charge in [0.1, 0.15) is 12.6 Å². The highest BCUT2D eigenvalue weighted by molar-refractivity contribution is 6.06. The number of nitrogens with zero attached hydrogens (tertiary/aromatic N) is 2. The van der Waals surface area contributed by atoms with Gasteiger partial charge < -0.3 is 10.2 Å². The van der Waals surface area contributed by atoms with E-state index < -0.39 is 17.6 Å². The van der Waals surface area contributed by atoms with Crippen LogP contribution in [0.15, 0.2) is 30.3 Å². The molecule has 136 valence electrons. The van der Waals surface area contributed by atoms with Gasteiger partial charge in [0, 0.05) is 12.1 Å². The number of hydrogen-bond acceptors (Lipinski definition) is 3. The van der Waals surface area contributed by atoms with Crippen molar-refractivity contribution in [3.63, 3.8) is 0 Å². The van der Waals surface area contributed by atoms with E-state index in [9.17, 15) is 14.4 Å². The first-order valence-corrected chi connectivity index (χ1v) is 8.70. The van der Waals surface area contributed by atoms with Crippen LogP contribution in [-0.2, 0) is 16.1 Å². The van der Waals surface area contributed by atoms with Gasteiger partial charge >= 0.3 is 6.03 Å². The Balaban J connectivity index is 2.12. The van der Waals surface area contributed by atoms with E-state index in [0.29, 0.717) is 13.0 Å². The Morgan fingerprint density at radius 2 is 1.84 bits per heavy atom. The first-order chi connectivity index (χ1) is 11.7. The quantitative estimate of drug-likeness (QED) is 0.806. The van der Waals surface area contributed by atoms with Crippen molar-refractivity contribution in [2.45, 2.75) is 58.7 Å². The van der Waals surface area contributed by atoms with E-state index in [2.05, 4.69) is 5.32 Å². The lowest BCUT2D eigenvalue weighted by molar-refractivity contribution is -0.141. The highest BCUT2D eigenvalue weighted by Gasteiger charge is 2.40. The van der Waals surface area contributed by atoms with Crippen molar-refractivity contribution in [1.29, 1.82) is 0 Å². The number of carbonyl (C=O) groups is 3. The third-order valence-electron chi connectivity index (χ3n) is 4.27. The van der Waals surface area contributed by atoms with Gasteiger partial charge in [-0.25, -0.2) is 4.79 Å². The van der Waals surface area contributed by atoms with Crippen molar-refractivity contribution in [3.05, 3.63) is 35.9 Å². The molecule has 1 heterocycles. The molecule has 25 heavy (non-hydrogen) atoms. The predicted octanol–water partition coefficient (Wildman–Crippen LogP) is 2.53. The second-order valence-electron chi connectivity index (χ2n) is 7.35. The fourth-order valence-electron chi connectivity index (χ4n) is 2.90. The van der Waals surface area contributed by atoms with Crippen LogP contribution in [0.25, 0.3) is 0 Å². The largest absolute Gasteiger partial charge is 0.332 e. The molecule has 6 heteroatoms. The Hall–Kier alpha value is -2.37. The molecule has 0 aliphatic carbocycles. The van der Waals surface area contributed by atoms with Crippen molar-refractivity contribution in [2.24, 2.45) is 0 Å². The number of amides is 4. The zero-order chi connectivity index (χ0) is 18.6. The highest BCUT2D eigenvalue weighted by Crippen LogP contribution is 2.19. The number of hydrogen-bond donors (Lipinski definition) is 1. The molecule has 0 spiro atoms. The van der Waals surface area contributed by atoms with E-state index >= 15 is 0 Å². The zero-order valence-electron chi connectivity index (χ0n) is 15.4. The van der Waals surface area contributed by atoms with Gasteiger partial charge in [-0.05, 0) is 32.8 Å². The van der Waals surface area contributed by atoms with Crippen molar-refractivity contribution in [2.75, 3.05) is 6.54 Å². The van der Waals surface area contributed by atoms with Crippen molar-refractivity contribution in [1.82, 2.24) is 15.1 Å². The molecular weight excluding hydrogens is 318 g/mol. The maximum absolute atomic E-state index is 12.9. The van der Waals surface area contributed by atoms with E-state index in [1.165, 1.54) is 0 Å². The second-order valence-corrected chi connectivity index (χ2v) is 7.35. The van der Waals surface area contributed by atoms with Gasteiger partial charge in [-0.3, -0.25) is 14.5 Å². The Morgan fingerprint density at radius 3 is 2.40 bits per heavy atom. The van der Waals surface area contributed by atoms with Gasteiger partial charge in [0.05, 0.1) is 0 Å². The van der Waals surface area contributed by atoms with Crippen LogP contribution in [0.5, 0.6) is 0 Å². The number of nitrogens with one attached hydrogen (secondary N) is 1. The second kappa shape index (κ2) is 7.68. The van der Waals surface area contributed by atoms with E-state index in [1.54, 1.807) is 4.90 Å².